The fourth-order valence-corrected chi connectivity index (χ4v) is 2.20. The van der Waals surface area contributed by atoms with Crippen LogP contribution in [0.3, 0.4) is 0 Å². The molecule has 1 unspecified atom stereocenters. The fraction of sp³-hybridized carbons (Fsp3) is 0.571. The zero-order chi connectivity index (χ0) is 12.1. The highest BCUT2D eigenvalue weighted by Crippen LogP contribution is 2.25. The normalized spacial score (nSPS) is 13.4. The lowest BCUT2D eigenvalue weighted by Gasteiger charge is -2.29. The van der Waals surface area contributed by atoms with Crippen molar-refractivity contribution in [3.05, 3.63) is 29.8 Å². The van der Waals surface area contributed by atoms with Gasteiger partial charge in [-0.05, 0) is 37.1 Å². The van der Waals surface area contributed by atoms with Crippen molar-refractivity contribution in [2.24, 2.45) is 5.92 Å². The highest BCUT2D eigenvalue weighted by atomic mass is 16.3. The molecule has 16 heavy (non-hydrogen) atoms. The molecule has 0 aliphatic carbocycles. The van der Waals surface area contributed by atoms with E-state index in [4.69, 9.17) is 0 Å². The van der Waals surface area contributed by atoms with E-state index in [1.807, 2.05) is 12.1 Å². The van der Waals surface area contributed by atoms with E-state index in [0.29, 0.717) is 17.7 Å². The first-order chi connectivity index (χ1) is 7.54. The van der Waals surface area contributed by atoms with E-state index >= 15 is 0 Å². The third-order valence-corrected chi connectivity index (χ3v) is 2.85. The average molecular weight is 221 g/mol. The van der Waals surface area contributed by atoms with Gasteiger partial charge in [0, 0.05) is 12.6 Å². The Morgan fingerprint density at radius 3 is 2.19 bits per heavy atom. The summed E-state index contributed by atoms with van der Waals surface area (Å²) >= 11 is 0. The van der Waals surface area contributed by atoms with Crippen molar-refractivity contribution in [1.82, 2.24) is 4.90 Å². The van der Waals surface area contributed by atoms with Gasteiger partial charge in [-0.3, -0.25) is 4.90 Å². The Bertz CT molecular complexity index is 305. The van der Waals surface area contributed by atoms with Gasteiger partial charge < -0.3 is 5.11 Å². The van der Waals surface area contributed by atoms with Crippen molar-refractivity contribution in [1.29, 1.82) is 0 Å². The van der Waals surface area contributed by atoms with E-state index < -0.39 is 0 Å². The molecule has 0 saturated carbocycles. The second kappa shape index (κ2) is 5.90. The summed E-state index contributed by atoms with van der Waals surface area (Å²) in [5.74, 6) is 1.02. The SMILES string of the molecule is CCC(c1ccc(O)cc1)N(C)CC(C)C. The summed E-state index contributed by atoms with van der Waals surface area (Å²) < 4.78 is 0. The van der Waals surface area contributed by atoms with Gasteiger partial charge in [0.05, 0.1) is 0 Å². The molecule has 90 valence electrons. The van der Waals surface area contributed by atoms with Crippen molar-refractivity contribution >= 4 is 0 Å². The van der Waals surface area contributed by atoms with Crippen LogP contribution >= 0.6 is 0 Å². The molecule has 0 amide bonds. The number of nitrogens with zero attached hydrogens (tertiary/aromatic N) is 1. The molecule has 1 N–H and O–H groups in total. The number of phenols is 1. The predicted molar refractivity (Wildman–Crippen MR) is 68.6 cm³/mol. The van der Waals surface area contributed by atoms with E-state index in [1.165, 1.54) is 5.56 Å². The molecule has 2 nitrogen and oxygen atoms in total. The summed E-state index contributed by atoms with van der Waals surface area (Å²) in [6, 6.07) is 8.01. The second-order valence-electron chi connectivity index (χ2n) is 4.85. The summed E-state index contributed by atoms with van der Waals surface area (Å²) in [6.45, 7) is 7.77. The van der Waals surface area contributed by atoms with Crippen LogP contribution in [-0.4, -0.2) is 23.6 Å². The van der Waals surface area contributed by atoms with Gasteiger partial charge in [-0.1, -0.05) is 32.9 Å². The van der Waals surface area contributed by atoms with Crippen molar-refractivity contribution in [3.8, 4) is 5.75 Å². The standard InChI is InChI=1S/C14H23NO/c1-5-14(15(4)10-11(2)3)12-6-8-13(16)9-7-12/h6-9,11,14,16H,5,10H2,1-4H3. The molecule has 0 fully saturated rings. The summed E-state index contributed by atoms with van der Waals surface area (Å²) in [4.78, 5) is 2.39. The maximum atomic E-state index is 9.28. The van der Waals surface area contributed by atoms with E-state index in [0.717, 1.165) is 13.0 Å². The summed E-state index contributed by atoms with van der Waals surface area (Å²) in [6.07, 6.45) is 1.09. The Hall–Kier alpha value is -1.02. The van der Waals surface area contributed by atoms with Crippen LogP contribution in [0, 0.1) is 5.92 Å². The Morgan fingerprint density at radius 1 is 1.19 bits per heavy atom. The summed E-state index contributed by atoms with van der Waals surface area (Å²) in [7, 11) is 2.17. The van der Waals surface area contributed by atoms with Gasteiger partial charge in [0.25, 0.3) is 0 Å². The van der Waals surface area contributed by atoms with E-state index in [1.54, 1.807) is 12.1 Å². The Balaban J connectivity index is 2.77. The Labute approximate surface area is 98.9 Å². The number of benzene rings is 1. The van der Waals surface area contributed by atoms with Crippen molar-refractivity contribution in [3.63, 3.8) is 0 Å². The monoisotopic (exact) mass is 221 g/mol. The van der Waals surface area contributed by atoms with E-state index in [-0.39, 0.29) is 0 Å². The third-order valence-electron chi connectivity index (χ3n) is 2.85. The van der Waals surface area contributed by atoms with E-state index in [9.17, 15) is 5.11 Å². The molecule has 1 aromatic carbocycles. The van der Waals surface area contributed by atoms with Crippen LogP contribution in [0.25, 0.3) is 0 Å². The average Bonchev–Trinajstić information content (AvgIpc) is 2.21. The summed E-state index contributed by atoms with van der Waals surface area (Å²) in [5.41, 5.74) is 1.28. The molecular weight excluding hydrogens is 198 g/mol. The number of hydrogen-bond donors (Lipinski definition) is 1. The molecule has 0 aliphatic heterocycles. The first kappa shape index (κ1) is 13.0. The molecule has 0 radical (unpaired) electrons. The molecule has 2 heteroatoms. The molecule has 1 rings (SSSR count). The molecule has 1 atom stereocenters. The van der Waals surface area contributed by atoms with Gasteiger partial charge in [-0.2, -0.15) is 0 Å². The van der Waals surface area contributed by atoms with Crippen LogP contribution < -0.4 is 0 Å². The lowest BCUT2D eigenvalue weighted by Crippen LogP contribution is -2.27. The predicted octanol–water partition coefficient (Wildman–Crippen LogP) is 3.43. The van der Waals surface area contributed by atoms with E-state index in [2.05, 4.69) is 32.7 Å². The quantitative estimate of drug-likeness (QED) is 0.823. The molecule has 1 aromatic rings. The summed E-state index contributed by atoms with van der Waals surface area (Å²) in [5, 5.41) is 9.28. The van der Waals surface area contributed by atoms with Gasteiger partial charge in [0.15, 0.2) is 0 Å². The molecule has 0 saturated heterocycles. The lowest BCUT2D eigenvalue weighted by molar-refractivity contribution is 0.214. The maximum Gasteiger partial charge on any atom is 0.115 e. The molecular formula is C14H23NO. The minimum absolute atomic E-state index is 0.338. The minimum Gasteiger partial charge on any atom is -0.508 e. The Morgan fingerprint density at radius 2 is 1.75 bits per heavy atom. The highest BCUT2D eigenvalue weighted by Gasteiger charge is 2.15. The second-order valence-corrected chi connectivity index (χ2v) is 4.85. The molecule has 0 aliphatic rings. The van der Waals surface area contributed by atoms with Crippen LogP contribution in [0.5, 0.6) is 5.75 Å². The number of aromatic hydroxyl groups is 1. The molecule has 0 bridgehead atoms. The van der Waals surface area contributed by atoms with Crippen molar-refractivity contribution < 1.29 is 5.11 Å². The molecule has 0 heterocycles. The van der Waals surface area contributed by atoms with Gasteiger partial charge in [0.2, 0.25) is 0 Å². The third kappa shape index (κ3) is 3.53. The zero-order valence-corrected chi connectivity index (χ0v) is 10.8. The van der Waals surface area contributed by atoms with Gasteiger partial charge in [-0.15, -0.1) is 0 Å². The maximum absolute atomic E-state index is 9.28. The zero-order valence-electron chi connectivity index (χ0n) is 10.8. The number of rotatable bonds is 5. The van der Waals surface area contributed by atoms with Crippen molar-refractivity contribution in [2.45, 2.75) is 33.2 Å². The first-order valence-corrected chi connectivity index (χ1v) is 6.03. The van der Waals surface area contributed by atoms with Gasteiger partial charge in [-0.25, -0.2) is 0 Å². The minimum atomic E-state index is 0.338. The topological polar surface area (TPSA) is 23.5 Å². The number of phenolic OH excluding ortho intramolecular Hbond substituents is 1. The number of hydrogen-bond acceptors (Lipinski definition) is 2. The highest BCUT2D eigenvalue weighted by molar-refractivity contribution is 5.28. The largest absolute Gasteiger partial charge is 0.508 e. The fourth-order valence-electron chi connectivity index (χ4n) is 2.20. The van der Waals surface area contributed by atoms with Crippen LogP contribution in [-0.2, 0) is 0 Å². The van der Waals surface area contributed by atoms with Crippen LogP contribution in [0.2, 0.25) is 0 Å². The smallest absolute Gasteiger partial charge is 0.115 e. The Kier molecular flexibility index (Phi) is 4.81. The lowest BCUT2D eigenvalue weighted by atomic mass is 10.0. The van der Waals surface area contributed by atoms with Crippen LogP contribution in [0.1, 0.15) is 38.8 Å². The van der Waals surface area contributed by atoms with Crippen LogP contribution in [0.15, 0.2) is 24.3 Å². The van der Waals surface area contributed by atoms with Gasteiger partial charge in [0.1, 0.15) is 5.75 Å². The van der Waals surface area contributed by atoms with Crippen LogP contribution in [0.4, 0.5) is 0 Å². The molecule has 0 aromatic heterocycles. The first-order valence-electron chi connectivity index (χ1n) is 6.03. The molecule has 0 spiro atoms. The van der Waals surface area contributed by atoms with Gasteiger partial charge >= 0.3 is 0 Å². The van der Waals surface area contributed by atoms with Crippen molar-refractivity contribution in [2.75, 3.05) is 13.6 Å².